The average Bonchev–Trinajstić information content (AvgIpc) is 2.66. The first-order chi connectivity index (χ1) is 8.15. The van der Waals surface area contributed by atoms with Gasteiger partial charge in [0.15, 0.2) is 5.71 Å². The number of hydrogen-bond donors (Lipinski definition) is 1. The standard InChI is InChI=1S/C15H14ClN/c1-9(2)10-3-5-12-13-8-11(16)4-6-14(13)17-15(12)7-10/h3-9,12H,1-2H3/p+1. The number of nitrogens with one attached hydrogen (secondary N) is 1. The fourth-order valence-corrected chi connectivity index (χ4v) is 2.61. The Morgan fingerprint density at radius 3 is 2.88 bits per heavy atom. The van der Waals surface area contributed by atoms with Crippen LogP contribution in [0.25, 0.3) is 0 Å². The minimum atomic E-state index is 0.353. The Hall–Kier alpha value is -1.34. The van der Waals surface area contributed by atoms with Gasteiger partial charge in [-0.15, -0.1) is 0 Å². The SMILES string of the molecule is CC(C)C1=CC2=[NH+]c3ccc(Cl)cc3C2C=C1. The predicted octanol–water partition coefficient (Wildman–Crippen LogP) is 2.74. The summed E-state index contributed by atoms with van der Waals surface area (Å²) in [6, 6.07) is 6.04. The summed E-state index contributed by atoms with van der Waals surface area (Å²) in [7, 11) is 0. The molecule has 1 N–H and O–H groups in total. The van der Waals surface area contributed by atoms with Gasteiger partial charge in [-0.25, -0.2) is 4.99 Å². The summed E-state index contributed by atoms with van der Waals surface area (Å²) >= 11 is 6.06. The zero-order valence-electron chi connectivity index (χ0n) is 10.00. The van der Waals surface area contributed by atoms with Gasteiger partial charge in [0.05, 0.1) is 5.92 Å². The Labute approximate surface area is 107 Å². The molecule has 1 aromatic rings. The van der Waals surface area contributed by atoms with Gasteiger partial charge < -0.3 is 0 Å². The van der Waals surface area contributed by atoms with Crippen molar-refractivity contribution in [2.75, 3.05) is 0 Å². The summed E-state index contributed by atoms with van der Waals surface area (Å²) in [5.41, 5.74) is 5.11. The average molecular weight is 245 g/mol. The number of hydrogen-bond acceptors (Lipinski definition) is 0. The molecule has 1 aliphatic heterocycles. The lowest BCUT2D eigenvalue weighted by Crippen LogP contribution is -2.63. The second kappa shape index (κ2) is 3.85. The van der Waals surface area contributed by atoms with Crippen molar-refractivity contribution in [2.45, 2.75) is 19.8 Å². The molecule has 0 radical (unpaired) electrons. The summed E-state index contributed by atoms with van der Waals surface area (Å²) in [6.07, 6.45) is 6.76. The lowest BCUT2D eigenvalue weighted by molar-refractivity contribution is -0.349. The van der Waals surface area contributed by atoms with Crippen LogP contribution in [0, 0.1) is 5.92 Å². The number of halogens is 1. The molecule has 1 aromatic carbocycles. The predicted molar refractivity (Wildman–Crippen MR) is 71.9 cm³/mol. The third-order valence-electron chi connectivity index (χ3n) is 3.43. The first-order valence-corrected chi connectivity index (χ1v) is 6.36. The van der Waals surface area contributed by atoms with Crippen molar-refractivity contribution in [1.29, 1.82) is 0 Å². The van der Waals surface area contributed by atoms with E-state index in [1.807, 2.05) is 6.07 Å². The van der Waals surface area contributed by atoms with E-state index in [0.717, 1.165) is 5.02 Å². The van der Waals surface area contributed by atoms with Gasteiger partial charge >= 0.3 is 0 Å². The number of rotatable bonds is 1. The smallest absolute Gasteiger partial charge is 0.208 e. The van der Waals surface area contributed by atoms with Crippen molar-refractivity contribution < 1.29 is 4.99 Å². The minimum absolute atomic E-state index is 0.353. The Bertz CT molecular complexity index is 564. The Kier molecular flexibility index (Phi) is 2.44. The van der Waals surface area contributed by atoms with E-state index in [2.05, 4.69) is 49.2 Å². The van der Waals surface area contributed by atoms with Crippen molar-refractivity contribution in [2.24, 2.45) is 5.92 Å². The van der Waals surface area contributed by atoms with E-state index >= 15 is 0 Å². The summed E-state index contributed by atoms with van der Waals surface area (Å²) < 4.78 is 0. The molecule has 0 bridgehead atoms. The molecule has 2 heteroatoms. The van der Waals surface area contributed by atoms with Crippen LogP contribution in [0.5, 0.6) is 0 Å². The highest BCUT2D eigenvalue weighted by Gasteiger charge is 2.32. The maximum Gasteiger partial charge on any atom is 0.208 e. The molecule has 0 saturated heterocycles. The summed E-state index contributed by atoms with van der Waals surface area (Å²) in [6.45, 7) is 4.44. The molecule has 1 heterocycles. The van der Waals surface area contributed by atoms with Crippen LogP contribution in [0.1, 0.15) is 25.3 Å². The van der Waals surface area contributed by atoms with Gasteiger partial charge in [-0.3, -0.25) is 0 Å². The Morgan fingerprint density at radius 1 is 1.29 bits per heavy atom. The monoisotopic (exact) mass is 244 g/mol. The van der Waals surface area contributed by atoms with E-state index in [-0.39, 0.29) is 0 Å². The van der Waals surface area contributed by atoms with E-state index in [0.29, 0.717) is 11.8 Å². The molecule has 1 aliphatic carbocycles. The summed E-state index contributed by atoms with van der Waals surface area (Å²) in [5, 5.41) is 0.804. The third-order valence-corrected chi connectivity index (χ3v) is 3.67. The second-order valence-corrected chi connectivity index (χ2v) is 5.38. The first-order valence-electron chi connectivity index (χ1n) is 5.98. The molecule has 0 saturated carbocycles. The van der Waals surface area contributed by atoms with Crippen LogP contribution in [-0.4, -0.2) is 5.71 Å². The zero-order chi connectivity index (χ0) is 12.0. The summed E-state index contributed by atoms with van der Waals surface area (Å²) in [5.74, 6) is 0.917. The molecule has 3 rings (SSSR count). The van der Waals surface area contributed by atoms with Gasteiger partial charge in [0.2, 0.25) is 5.69 Å². The van der Waals surface area contributed by atoms with E-state index in [1.54, 1.807) is 0 Å². The zero-order valence-corrected chi connectivity index (χ0v) is 10.8. The van der Waals surface area contributed by atoms with E-state index in [9.17, 15) is 0 Å². The second-order valence-electron chi connectivity index (χ2n) is 4.95. The maximum atomic E-state index is 6.06. The Morgan fingerprint density at radius 2 is 2.12 bits per heavy atom. The quantitative estimate of drug-likeness (QED) is 0.781. The highest BCUT2D eigenvalue weighted by Crippen LogP contribution is 2.33. The lowest BCUT2D eigenvalue weighted by Gasteiger charge is -2.13. The van der Waals surface area contributed by atoms with Crippen LogP contribution < -0.4 is 4.99 Å². The first kappa shape index (κ1) is 10.8. The molecular formula is C15H15ClN+. The molecule has 1 nitrogen and oxygen atoms in total. The molecule has 86 valence electrons. The third kappa shape index (κ3) is 1.75. The molecule has 0 amide bonds. The van der Waals surface area contributed by atoms with Crippen molar-refractivity contribution in [3.63, 3.8) is 0 Å². The van der Waals surface area contributed by atoms with Gasteiger partial charge in [-0.1, -0.05) is 37.6 Å². The van der Waals surface area contributed by atoms with Gasteiger partial charge in [-0.05, 0) is 23.6 Å². The fraction of sp³-hybridized carbons (Fsp3) is 0.267. The number of benzene rings is 1. The van der Waals surface area contributed by atoms with Gasteiger partial charge in [0, 0.05) is 22.7 Å². The van der Waals surface area contributed by atoms with Crippen molar-refractivity contribution in [1.82, 2.24) is 0 Å². The molecule has 1 atom stereocenters. The maximum absolute atomic E-state index is 6.06. The number of fused-ring (bicyclic) bond motifs is 3. The normalized spacial score (nSPS) is 21.1. The largest absolute Gasteiger partial charge is 0.208 e. The van der Waals surface area contributed by atoms with Crippen LogP contribution in [0.4, 0.5) is 5.69 Å². The number of allylic oxidation sites excluding steroid dienone is 4. The molecule has 0 spiro atoms. The van der Waals surface area contributed by atoms with Crippen molar-refractivity contribution >= 4 is 23.0 Å². The van der Waals surface area contributed by atoms with Crippen LogP contribution >= 0.6 is 11.6 Å². The molecule has 0 aromatic heterocycles. The fourth-order valence-electron chi connectivity index (χ4n) is 2.43. The van der Waals surface area contributed by atoms with Gasteiger partial charge in [0.25, 0.3) is 0 Å². The Balaban J connectivity index is 2.05. The topological polar surface area (TPSA) is 14.0 Å². The lowest BCUT2D eigenvalue weighted by atomic mass is 9.87. The van der Waals surface area contributed by atoms with Crippen LogP contribution in [0.15, 0.2) is 42.0 Å². The van der Waals surface area contributed by atoms with Crippen LogP contribution in [0.3, 0.4) is 0 Å². The molecule has 0 fully saturated rings. The summed E-state index contributed by atoms with van der Waals surface area (Å²) in [4.78, 5) is 3.48. The molecule has 1 unspecified atom stereocenters. The highest BCUT2D eigenvalue weighted by atomic mass is 35.5. The van der Waals surface area contributed by atoms with Crippen molar-refractivity contribution in [3.05, 3.63) is 52.6 Å². The van der Waals surface area contributed by atoms with Crippen molar-refractivity contribution in [3.8, 4) is 0 Å². The van der Waals surface area contributed by atoms with Crippen LogP contribution in [0.2, 0.25) is 5.02 Å². The highest BCUT2D eigenvalue weighted by molar-refractivity contribution is 6.30. The van der Waals surface area contributed by atoms with Gasteiger partial charge in [0.1, 0.15) is 0 Å². The molecular weight excluding hydrogens is 230 g/mol. The van der Waals surface area contributed by atoms with Crippen LogP contribution in [-0.2, 0) is 0 Å². The van der Waals surface area contributed by atoms with E-state index < -0.39 is 0 Å². The molecule has 2 aliphatic rings. The minimum Gasteiger partial charge on any atom is -0.208 e. The molecule has 17 heavy (non-hydrogen) atoms. The van der Waals surface area contributed by atoms with E-state index in [1.165, 1.54) is 22.5 Å². The van der Waals surface area contributed by atoms with Gasteiger partial charge in [-0.2, -0.15) is 0 Å². The van der Waals surface area contributed by atoms with E-state index in [4.69, 9.17) is 11.6 Å².